The van der Waals surface area contributed by atoms with Gasteiger partial charge in [0.25, 0.3) is 5.56 Å². The van der Waals surface area contributed by atoms with E-state index in [9.17, 15) is 19.2 Å². The van der Waals surface area contributed by atoms with Gasteiger partial charge in [-0.05, 0) is 37.3 Å². The number of ether oxygens (including phenoxy) is 2. The molecule has 10 nitrogen and oxygen atoms in total. The third-order valence-electron chi connectivity index (χ3n) is 4.38. The van der Waals surface area contributed by atoms with E-state index in [-0.39, 0.29) is 16.8 Å². The van der Waals surface area contributed by atoms with E-state index in [1.54, 1.807) is 6.92 Å². The molecule has 2 heterocycles. The highest BCUT2D eigenvalue weighted by Gasteiger charge is 2.18. The number of fused-ring (bicyclic) bond motifs is 1. The van der Waals surface area contributed by atoms with Gasteiger partial charge in [-0.2, -0.15) is 0 Å². The summed E-state index contributed by atoms with van der Waals surface area (Å²) >= 11 is 0. The normalized spacial score (nSPS) is 10.6. The summed E-state index contributed by atoms with van der Waals surface area (Å²) < 4.78 is 12.1. The number of hydrogen-bond donors (Lipinski definition) is 1. The number of pyridine rings is 1. The van der Waals surface area contributed by atoms with Crippen molar-refractivity contribution in [3.8, 4) is 5.75 Å². The van der Waals surface area contributed by atoms with Crippen LogP contribution in [0.1, 0.15) is 17.3 Å². The number of carbonyl (C=O) groups excluding carboxylic acids is 2. The Hall–Kier alpha value is -3.95. The lowest BCUT2D eigenvalue weighted by molar-refractivity contribution is -0.116. The second-order valence-corrected chi connectivity index (χ2v) is 6.29. The number of methoxy groups -OCH3 is 1. The molecule has 0 aliphatic rings. The molecular formula is C20H20N4O6. The number of amides is 1. The largest absolute Gasteiger partial charge is 0.493 e. The van der Waals surface area contributed by atoms with Gasteiger partial charge in [0.1, 0.15) is 17.7 Å². The Labute approximate surface area is 170 Å². The first-order valence-corrected chi connectivity index (χ1v) is 9.07. The number of hydrogen-bond acceptors (Lipinski definition) is 7. The van der Waals surface area contributed by atoms with Gasteiger partial charge in [0.15, 0.2) is 5.65 Å². The molecule has 10 heteroatoms. The second-order valence-electron chi connectivity index (χ2n) is 6.29. The highest BCUT2D eigenvalue weighted by molar-refractivity contribution is 5.93. The molecule has 0 unspecified atom stereocenters. The molecule has 3 aromatic rings. The van der Waals surface area contributed by atoms with Crippen LogP contribution < -0.4 is 21.3 Å². The summed E-state index contributed by atoms with van der Waals surface area (Å²) in [6, 6.07) is 7.54. The first-order chi connectivity index (χ1) is 14.4. The van der Waals surface area contributed by atoms with Crippen molar-refractivity contribution in [2.24, 2.45) is 7.05 Å². The van der Waals surface area contributed by atoms with Crippen molar-refractivity contribution in [2.45, 2.75) is 13.5 Å². The maximum atomic E-state index is 12.9. The lowest BCUT2D eigenvalue weighted by atomic mass is 10.2. The maximum Gasteiger partial charge on any atom is 0.337 e. The number of nitrogens with one attached hydrogen (secondary N) is 1. The number of benzene rings is 1. The standard InChI is InChI=1S/C20H20N4O6/c1-4-30-14-9-10-21-17-16(14)18(26)24(20(28)23(17)2)11-15(25)22-13-7-5-12(6-8-13)19(27)29-3/h5-10H,4,11H2,1-3H3,(H,22,25). The van der Waals surface area contributed by atoms with Crippen molar-refractivity contribution in [2.75, 3.05) is 19.0 Å². The van der Waals surface area contributed by atoms with Crippen LogP contribution in [0.15, 0.2) is 46.1 Å². The van der Waals surface area contributed by atoms with Gasteiger partial charge >= 0.3 is 11.7 Å². The van der Waals surface area contributed by atoms with Crippen molar-refractivity contribution >= 4 is 28.6 Å². The molecule has 3 rings (SSSR count). The van der Waals surface area contributed by atoms with Gasteiger partial charge in [0, 0.05) is 18.9 Å². The van der Waals surface area contributed by atoms with Crippen LogP contribution in [0.25, 0.3) is 11.0 Å². The summed E-state index contributed by atoms with van der Waals surface area (Å²) in [6.45, 7) is 1.59. The van der Waals surface area contributed by atoms with E-state index in [2.05, 4.69) is 15.0 Å². The van der Waals surface area contributed by atoms with Crippen LogP contribution in [-0.4, -0.2) is 39.7 Å². The summed E-state index contributed by atoms with van der Waals surface area (Å²) in [4.78, 5) is 53.6. The van der Waals surface area contributed by atoms with Crippen molar-refractivity contribution in [1.82, 2.24) is 14.1 Å². The topological polar surface area (TPSA) is 122 Å². The van der Waals surface area contributed by atoms with Gasteiger partial charge in [-0.3, -0.25) is 14.2 Å². The summed E-state index contributed by atoms with van der Waals surface area (Å²) in [6.07, 6.45) is 1.45. The average Bonchev–Trinajstić information content (AvgIpc) is 2.75. The Morgan fingerprint density at radius 3 is 2.47 bits per heavy atom. The minimum absolute atomic E-state index is 0.122. The first-order valence-electron chi connectivity index (χ1n) is 9.07. The molecular weight excluding hydrogens is 392 g/mol. The number of esters is 1. The van der Waals surface area contributed by atoms with Crippen molar-refractivity contribution in [3.05, 3.63) is 62.9 Å². The third-order valence-corrected chi connectivity index (χ3v) is 4.38. The quantitative estimate of drug-likeness (QED) is 0.598. The fourth-order valence-corrected chi connectivity index (χ4v) is 2.95. The molecule has 0 spiro atoms. The third kappa shape index (κ3) is 3.93. The van der Waals surface area contributed by atoms with Crippen LogP contribution in [0.4, 0.5) is 5.69 Å². The van der Waals surface area contributed by atoms with E-state index in [1.807, 2.05) is 0 Å². The van der Waals surface area contributed by atoms with Crippen LogP contribution >= 0.6 is 0 Å². The lowest BCUT2D eigenvalue weighted by Gasteiger charge is -2.13. The molecule has 1 N–H and O–H groups in total. The molecule has 30 heavy (non-hydrogen) atoms. The molecule has 0 radical (unpaired) electrons. The summed E-state index contributed by atoms with van der Waals surface area (Å²) in [5, 5.41) is 2.71. The van der Waals surface area contributed by atoms with Crippen LogP contribution in [0.2, 0.25) is 0 Å². The minimum Gasteiger partial charge on any atom is -0.493 e. The lowest BCUT2D eigenvalue weighted by Crippen LogP contribution is -2.42. The van der Waals surface area contributed by atoms with Crippen molar-refractivity contribution < 1.29 is 19.1 Å². The Morgan fingerprint density at radius 1 is 1.13 bits per heavy atom. The van der Waals surface area contributed by atoms with E-state index in [0.717, 1.165) is 4.57 Å². The Morgan fingerprint density at radius 2 is 1.83 bits per heavy atom. The van der Waals surface area contributed by atoms with Gasteiger partial charge < -0.3 is 14.8 Å². The summed E-state index contributed by atoms with van der Waals surface area (Å²) in [5.74, 6) is -0.797. The molecule has 1 aromatic carbocycles. The fraction of sp³-hybridized carbons (Fsp3) is 0.250. The van der Waals surface area contributed by atoms with E-state index < -0.39 is 29.7 Å². The molecule has 0 saturated carbocycles. The van der Waals surface area contributed by atoms with E-state index in [4.69, 9.17) is 4.74 Å². The SMILES string of the molecule is CCOc1ccnc2c1c(=O)n(CC(=O)Nc1ccc(C(=O)OC)cc1)c(=O)n2C. The fourth-order valence-electron chi connectivity index (χ4n) is 2.95. The number of aryl methyl sites for hydroxylation is 1. The number of anilines is 1. The smallest absolute Gasteiger partial charge is 0.337 e. The number of aromatic nitrogens is 3. The van der Waals surface area contributed by atoms with Gasteiger partial charge in [-0.1, -0.05) is 0 Å². The molecule has 0 saturated heterocycles. The van der Waals surface area contributed by atoms with Crippen molar-refractivity contribution in [1.29, 1.82) is 0 Å². The molecule has 0 atom stereocenters. The molecule has 0 aliphatic heterocycles. The van der Waals surface area contributed by atoms with Crippen LogP contribution in [0.3, 0.4) is 0 Å². The Kier molecular flexibility index (Phi) is 5.95. The van der Waals surface area contributed by atoms with Gasteiger partial charge in [-0.15, -0.1) is 0 Å². The zero-order valence-electron chi connectivity index (χ0n) is 16.7. The highest BCUT2D eigenvalue weighted by Crippen LogP contribution is 2.19. The zero-order chi connectivity index (χ0) is 21.8. The van der Waals surface area contributed by atoms with Gasteiger partial charge in [0.05, 0.1) is 19.3 Å². The van der Waals surface area contributed by atoms with Crippen LogP contribution in [0.5, 0.6) is 5.75 Å². The number of carbonyl (C=O) groups is 2. The van der Waals surface area contributed by atoms with Crippen molar-refractivity contribution in [3.63, 3.8) is 0 Å². The molecule has 156 valence electrons. The predicted octanol–water partition coefficient (Wildman–Crippen LogP) is 0.919. The van der Waals surface area contributed by atoms with Crippen LogP contribution in [-0.2, 0) is 23.1 Å². The maximum absolute atomic E-state index is 12.9. The van der Waals surface area contributed by atoms with Crippen LogP contribution in [0, 0.1) is 0 Å². The molecule has 0 aliphatic carbocycles. The summed E-state index contributed by atoms with van der Waals surface area (Å²) in [7, 11) is 2.74. The second kappa shape index (κ2) is 8.60. The van der Waals surface area contributed by atoms with E-state index >= 15 is 0 Å². The zero-order valence-corrected chi connectivity index (χ0v) is 16.7. The molecule has 2 aromatic heterocycles. The van der Waals surface area contributed by atoms with E-state index in [1.165, 1.54) is 55.3 Å². The number of rotatable bonds is 6. The van der Waals surface area contributed by atoms with Gasteiger partial charge in [0.2, 0.25) is 5.91 Å². The first kappa shape index (κ1) is 20.8. The van der Waals surface area contributed by atoms with E-state index in [0.29, 0.717) is 17.9 Å². The Bertz CT molecular complexity index is 1230. The Balaban J connectivity index is 1.92. The van der Waals surface area contributed by atoms with Gasteiger partial charge in [-0.25, -0.2) is 19.1 Å². The summed E-state index contributed by atoms with van der Waals surface area (Å²) in [5.41, 5.74) is -0.447. The monoisotopic (exact) mass is 412 g/mol. The molecule has 0 bridgehead atoms. The predicted molar refractivity (Wildman–Crippen MR) is 109 cm³/mol. The molecule has 1 amide bonds. The minimum atomic E-state index is -0.676. The average molecular weight is 412 g/mol. The highest BCUT2D eigenvalue weighted by atomic mass is 16.5. The molecule has 0 fully saturated rings. The number of nitrogens with zero attached hydrogens (tertiary/aromatic N) is 3.